The molecule has 0 heteroatoms. The lowest BCUT2D eigenvalue weighted by molar-refractivity contribution is 0.652. The van der Waals surface area contributed by atoms with Gasteiger partial charge in [0.1, 0.15) is 0 Å². The Morgan fingerprint density at radius 1 is 0.500 bits per heavy atom. The van der Waals surface area contributed by atoms with Gasteiger partial charge in [-0.1, -0.05) is 94.4 Å². The minimum Gasteiger partial charge on any atom is -0.0757 e. The molecule has 0 amide bonds. The summed E-state index contributed by atoms with van der Waals surface area (Å²) in [7, 11) is 0. The van der Waals surface area contributed by atoms with E-state index in [1.165, 1.54) is 66.1 Å². The van der Waals surface area contributed by atoms with Gasteiger partial charge in [0.05, 0.1) is 0 Å². The topological polar surface area (TPSA) is 0 Å². The highest BCUT2D eigenvalue weighted by molar-refractivity contribution is 5.91. The molecule has 0 atom stereocenters. The third-order valence-corrected chi connectivity index (χ3v) is 8.69. The summed E-state index contributed by atoms with van der Waals surface area (Å²) < 4.78 is 0. The van der Waals surface area contributed by atoms with Gasteiger partial charge in [0.2, 0.25) is 0 Å². The van der Waals surface area contributed by atoms with Crippen LogP contribution >= 0.6 is 0 Å². The van der Waals surface area contributed by atoms with Crippen molar-refractivity contribution in [1.29, 1.82) is 0 Å². The van der Waals surface area contributed by atoms with E-state index in [1.54, 1.807) is 0 Å². The van der Waals surface area contributed by atoms with Gasteiger partial charge in [0.15, 0.2) is 0 Å². The molecule has 0 N–H and O–H groups in total. The third-order valence-electron chi connectivity index (χ3n) is 8.69. The zero-order valence-electron chi connectivity index (χ0n) is 20.5. The van der Waals surface area contributed by atoms with E-state index in [0.717, 1.165) is 12.8 Å². The minimum absolute atomic E-state index is 0.0216. The predicted octanol–water partition coefficient (Wildman–Crippen LogP) is 7.32. The number of benzene rings is 4. The van der Waals surface area contributed by atoms with Gasteiger partial charge < -0.3 is 0 Å². The molecule has 0 heterocycles. The lowest BCUT2D eigenvalue weighted by atomic mass is 9.79. The Bertz CT molecular complexity index is 1630. The summed E-state index contributed by atoms with van der Waals surface area (Å²) in [5, 5.41) is 2.87. The minimum atomic E-state index is -0.0365. The second-order valence-electron chi connectivity index (χ2n) is 11.3. The smallest absolute Gasteiger partial charge is 0.0159 e. The molecule has 166 valence electrons. The van der Waals surface area contributed by atoms with Gasteiger partial charge in [-0.2, -0.15) is 0 Å². The molecule has 7 rings (SSSR count). The largest absolute Gasteiger partial charge is 0.0757 e. The Morgan fingerprint density at radius 2 is 1.09 bits per heavy atom. The van der Waals surface area contributed by atoms with Crippen LogP contribution < -0.4 is 10.4 Å². The van der Waals surface area contributed by atoms with E-state index in [0.29, 0.717) is 0 Å². The van der Waals surface area contributed by atoms with Crippen molar-refractivity contribution in [2.75, 3.05) is 0 Å². The fourth-order valence-electron chi connectivity index (χ4n) is 6.86. The molecule has 0 saturated heterocycles. The highest BCUT2D eigenvalue weighted by Crippen LogP contribution is 2.55. The molecule has 0 saturated carbocycles. The van der Waals surface area contributed by atoms with Gasteiger partial charge in [-0.05, 0) is 97.1 Å². The van der Waals surface area contributed by atoms with Crippen LogP contribution in [0.1, 0.15) is 62.8 Å². The van der Waals surface area contributed by atoms with Gasteiger partial charge >= 0.3 is 0 Å². The molecule has 34 heavy (non-hydrogen) atoms. The lowest BCUT2D eigenvalue weighted by Gasteiger charge is -2.24. The number of hydrogen-bond donors (Lipinski definition) is 0. The van der Waals surface area contributed by atoms with E-state index in [2.05, 4.69) is 113 Å². The predicted molar refractivity (Wildman–Crippen MR) is 144 cm³/mol. The maximum Gasteiger partial charge on any atom is 0.0159 e. The van der Waals surface area contributed by atoms with Crippen molar-refractivity contribution < 1.29 is 0 Å². The summed E-state index contributed by atoms with van der Waals surface area (Å²) in [5.74, 6) is 0. The zero-order valence-corrected chi connectivity index (χ0v) is 20.5. The first-order valence-electron chi connectivity index (χ1n) is 12.6. The second-order valence-corrected chi connectivity index (χ2v) is 11.3. The van der Waals surface area contributed by atoms with Crippen molar-refractivity contribution >= 4 is 12.2 Å². The van der Waals surface area contributed by atoms with E-state index >= 15 is 0 Å². The average Bonchev–Trinajstić information content (AvgIpc) is 3.23. The van der Waals surface area contributed by atoms with Gasteiger partial charge in [-0.15, -0.1) is 0 Å². The van der Waals surface area contributed by atoms with Crippen molar-refractivity contribution in [3.63, 3.8) is 0 Å². The van der Waals surface area contributed by atoms with E-state index in [9.17, 15) is 0 Å². The highest BCUT2D eigenvalue weighted by Gasteiger charge is 2.42. The second kappa shape index (κ2) is 6.60. The Hall–Kier alpha value is -3.38. The van der Waals surface area contributed by atoms with Gasteiger partial charge in [0, 0.05) is 10.8 Å². The number of fused-ring (bicyclic) bond motifs is 8. The quantitative estimate of drug-likeness (QED) is 0.292. The molecule has 3 aliphatic carbocycles. The van der Waals surface area contributed by atoms with Gasteiger partial charge in [0.25, 0.3) is 0 Å². The van der Waals surface area contributed by atoms with Gasteiger partial charge in [-0.3, -0.25) is 0 Å². The fraction of sp³-hybridized carbons (Fsp3) is 0.235. The molecule has 0 bridgehead atoms. The summed E-state index contributed by atoms with van der Waals surface area (Å²) in [5.41, 5.74) is 14.3. The van der Waals surface area contributed by atoms with Crippen molar-refractivity contribution in [1.82, 2.24) is 0 Å². The van der Waals surface area contributed by atoms with Crippen LogP contribution in [0.15, 0.2) is 72.8 Å². The summed E-state index contributed by atoms with van der Waals surface area (Å²) in [6.45, 7) is 9.62. The Morgan fingerprint density at radius 3 is 1.88 bits per heavy atom. The van der Waals surface area contributed by atoms with Crippen LogP contribution in [0.5, 0.6) is 0 Å². The van der Waals surface area contributed by atoms with E-state index in [-0.39, 0.29) is 10.8 Å². The van der Waals surface area contributed by atoms with Crippen molar-refractivity contribution in [3.8, 4) is 33.4 Å². The van der Waals surface area contributed by atoms with Crippen LogP contribution in [0.2, 0.25) is 0 Å². The van der Waals surface area contributed by atoms with Crippen molar-refractivity contribution in [3.05, 3.63) is 105 Å². The summed E-state index contributed by atoms with van der Waals surface area (Å²) >= 11 is 0. The van der Waals surface area contributed by atoms with Gasteiger partial charge in [-0.25, -0.2) is 0 Å². The maximum absolute atomic E-state index is 2.54. The summed E-state index contributed by atoms with van der Waals surface area (Å²) in [6, 6.07) is 27.5. The molecule has 0 unspecified atom stereocenters. The molecule has 4 aromatic carbocycles. The molecule has 0 radical (unpaired) electrons. The first-order valence-corrected chi connectivity index (χ1v) is 12.6. The molecule has 0 aromatic heterocycles. The number of hydrogen-bond acceptors (Lipinski definition) is 0. The molecule has 3 aliphatic rings. The average molecular weight is 439 g/mol. The summed E-state index contributed by atoms with van der Waals surface area (Å²) in [6.07, 6.45) is 7.21. The zero-order chi connectivity index (χ0) is 23.2. The molecule has 0 fully saturated rings. The van der Waals surface area contributed by atoms with Crippen molar-refractivity contribution in [2.45, 2.75) is 51.4 Å². The van der Waals surface area contributed by atoms with Crippen LogP contribution in [-0.4, -0.2) is 0 Å². The first-order chi connectivity index (χ1) is 16.4. The van der Waals surface area contributed by atoms with Crippen LogP contribution in [0.25, 0.3) is 45.5 Å². The molecular weight excluding hydrogens is 408 g/mol. The SMILES string of the molecule is CC1(C)c2ccccc2-c2cc3c(cc21)-c1c(cc(-c2ccccc2)c2c1=CCCC=2)C3(C)C. The summed E-state index contributed by atoms with van der Waals surface area (Å²) in [4.78, 5) is 0. The molecule has 0 spiro atoms. The van der Waals surface area contributed by atoms with E-state index < -0.39 is 0 Å². The highest BCUT2D eigenvalue weighted by atomic mass is 14.4. The van der Waals surface area contributed by atoms with Crippen LogP contribution in [-0.2, 0) is 10.8 Å². The molecule has 0 aliphatic heterocycles. The normalized spacial score (nSPS) is 17.5. The van der Waals surface area contributed by atoms with Crippen LogP contribution in [0.3, 0.4) is 0 Å². The first kappa shape index (κ1) is 20.0. The standard InChI is InChI=1S/C34H30/c1-33(2)28-17-11-10-15-23(28)26-19-30-27(20-29(26)33)32-24-16-9-8-14-22(24)25(18-31(32)34(30,3)4)21-12-6-5-7-13-21/h5-7,10-20H,8-9H2,1-4H3. The van der Waals surface area contributed by atoms with Crippen LogP contribution in [0.4, 0.5) is 0 Å². The number of rotatable bonds is 1. The molecular formula is C34H30. The Labute approximate surface area is 202 Å². The van der Waals surface area contributed by atoms with Crippen molar-refractivity contribution in [2.24, 2.45) is 0 Å². The maximum atomic E-state index is 2.54. The Kier molecular flexibility index (Phi) is 3.89. The fourth-order valence-corrected chi connectivity index (χ4v) is 6.86. The lowest BCUT2D eigenvalue weighted by Crippen LogP contribution is -2.32. The van der Waals surface area contributed by atoms with E-state index in [1.807, 2.05) is 0 Å². The molecule has 0 nitrogen and oxygen atoms in total. The third kappa shape index (κ3) is 2.44. The van der Waals surface area contributed by atoms with Crippen LogP contribution in [0, 0.1) is 0 Å². The monoisotopic (exact) mass is 438 g/mol. The molecule has 4 aromatic rings. The Balaban J connectivity index is 1.58. The van der Waals surface area contributed by atoms with E-state index in [4.69, 9.17) is 0 Å².